The van der Waals surface area contributed by atoms with Crippen molar-refractivity contribution in [1.82, 2.24) is 5.32 Å². The summed E-state index contributed by atoms with van der Waals surface area (Å²) < 4.78 is 0. The highest BCUT2D eigenvalue weighted by atomic mass is 35.5. The lowest BCUT2D eigenvalue weighted by Crippen LogP contribution is -2.19. The molecule has 1 N–H and O–H groups in total. The fourth-order valence-corrected chi connectivity index (χ4v) is 3.49. The van der Waals surface area contributed by atoms with Gasteiger partial charge in [0.05, 0.1) is 0 Å². The average Bonchev–Trinajstić information content (AvgIpc) is 2.49. The number of benzene rings is 2. The SMILES string of the molecule is CCSc1ccc(C(Cc2c(Cl)cccc2Cl)NC)cc1. The fraction of sp³-hybridized carbons (Fsp3) is 0.294. The average molecular weight is 340 g/mol. The molecular formula is C17H19Cl2NS. The number of hydrogen-bond donors (Lipinski definition) is 1. The van der Waals surface area contributed by atoms with Crippen LogP contribution in [0.25, 0.3) is 0 Å². The molecule has 2 aromatic rings. The molecule has 112 valence electrons. The zero-order valence-electron chi connectivity index (χ0n) is 12.2. The third-order valence-corrected chi connectivity index (χ3v) is 5.01. The minimum atomic E-state index is 0.197. The fourth-order valence-electron chi connectivity index (χ4n) is 2.28. The monoisotopic (exact) mass is 339 g/mol. The zero-order chi connectivity index (χ0) is 15.2. The summed E-state index contributed by atoms with van der Waals surface area (Å²) >= 11 is 14.4. The lowest BCUT2D eigenvalue weighted by Gasteiger charge is -2.18. The number of thioether (sulfide) groups is 1. The lowest BCUT2D eigenvalue weighted by atomic mass is 9.99. The molecule has 0 aromatic heterocycles. The van der Waals surface area contributed by atoms with Crippen LogP contribution in [0.2, 0.25) is 10.0 Å². The van der Waals surface area contributed by atoms with Crippen LogP contribution in [0.1, 0.15) is 24.1 Å². The molecule has 2 rings (SSSR count). The van der Waals surface area contributed by atoms with Gasteiger partial charge >= 0.3 is 0 Å². The highest BCUT2D eigenvalue weighted by molar-refractivity contribution is 7.99. The van der Waals surface area contributed by atoms with Crippen LogP contribution in [0.15, 0.2) is 47.4 Å². The van der Waals surface area contributed by atoms with Crippen LogP contribution >= 0.6 is 35.0 Å². The minimum Gasteiger partial charge on any atom is -0.313 e. The molecule has 1 atom stereocenters. The summed E-state index contributed by atoms with van der Waals surface area (Å²) in [7, 11) is 1.96. The van der Waals surface area contributed by atoms with Gasteiger partial charge in [0.2, 0.25) is 0 Å². The number of halogens is 2. The van der Waals surface area contributed by atoms with Crippen molar-refractivity contribution in [2.75, 3.05) is 12.8 Å². The van der Waals surface area contributed by atoms with Crippen molar-refractivity contribution < 1.29 is 0 Å². The van der Waals surface area contributed by atoms with Crippen molar-refractivity contribution in [2.45, 2.75) is 24.3 Å². The Balaban J connectivity index is 2.19. The Kier molecular flexibility index (Phi) is 6.43. The van der Waals surface area contributed by atoms with Crippen molar-refractivity contribution in [3.05, 3.63) is 63.6 Å². The Morgan fingerprint density at radius 2 is 1.67 bits per heavy atom. The van der Waals surface area contributed by atoms with E-state index in [2.05, 4.69) is 36.5 Å². The third kappa shape index (κ3) is 4.40. The van der Waals surface area contributed by atoms with Gasteiger partial charge in [-0.15, -0.1) is 11.8 Å². The van der Waals surface area contributed by atoms with E-state index in [0.717, 1.165) is 27.8 Å². The van der Waals surface area contributed by atoms with Crippen LogP contribution in [0.4, 0.5) is 0 Å². The van der Waals surface area contributed by atoms with E-state index >= 15 is 0 Å². The van der Waals surface area contributed by atoms with E-state index in [1.165, 1.54) is 10.5 Å². The van der Waals surface area contributed by atoms with E-state index in [9.17, 15) is 0 Å². The van der Waals surface area contributed by atoms with E-state index in [4.69, 9.17) is 23.2 Å². The molecule has 0 saturated carbocycles. The van der Waals surface area contributed by atoms with Gasteiger partial charge in [-0.3, -0.25) is 0 Å². The smallest absolute Gasteiger partial charge is 0.0453 e. The van der Waals surface area contributed by atoms with Crippen LogP contribution in [0.5, 0.6) is 0 Å². The summed E-state index contributed by atoms with van der Waals surface area (Å²) in [5.41, 5.74) is 2.24. The van der Waals surface area contributed by atoms with Gasteiger partial charge in [0.15, 0.2) is 0 Å². The number of hydrogen-bond acceptors (Lipinski definition) is 2. The zero-order valence-corrected chi connectivity index (χ0v) is 14.5. The first kappa shape index (κ1) is 16.7. The van der Waals surface area contributed by atoms with Crippen LogP contribution in [-0.4, -0.2) is 12.8 Å². The van der Waals surface area contributed by atoms with E-state index < -0.39 is 0 Å². The Bertz CT molecular complexity index is 564. The molecule has 0 aliphatic carbocycles. The van der Waals surface area contributed by atoms with Gasteiger partial charge in [0.1, 0.15) is 0 Å². The second-order valence-corrected chi connectivity index (χ2v) is 6.90. The topological polar surface area (TPSA) is 12.0 Å². The van der Waals surface area contributed by atoms with Gasteiger partial charge in [-0.2, -0.15) is 0 Å². The highest BCUT2D eigenvalue weighted by Crippen LogP contribution is 2.30. The van der Waals surface area contributed by atoms with Gasteiger partial charge in [-0.1, -0.05) is 48.3 Å². The molecule has 0 amide bonds. The maximum atomic E-state index is 6.27. The Labute approximate surface area is 141 Å². The van der Waals surface area contributed by atoms with Gasteiger partial charge in [0.25, 0.3) is 0 Å². The minimum absolute atomic E-state index is 0.197. The molecule has 0 bridgehead atoms. The number of likely N-dealkylation sites (N-methyl/N-ethyl adjacent to an activating group) is 1. The summed E-state index contributed by atoms with van der Waals surface area (Å²) in [5.74, 6) is 1.09. The first-order valence-electron chi connectivity index (χ1n) is 6.98. The van der Waals surface area contributed by atoms with E-state index in [1.807, 2.05) is 37.0 Å². The van der Waals surface area contributed by atoms with E-state index in [-0.39, 0.29) is 6.04 Å². The summed E-state index contributed by atoms with van der Waals surface area (Å²) in [6.45, 7) is 2.16. The van der Waals surface area contributed by atoms with Gasteiger partial charge in [-0.05, 0) is 54.6 Å². The summed E-state index contributed by atoms with van der Waals surface area (Å²) in [4.78, 5) is 1.30. The molecule has 0 heterocycles. The second-order valence-electron chi connectivity index (χ2n) is 4.75. The third-order valence-electron chi connectivity index (χ3n) is 3.41. The number of rotatable bonds is 6. The molecule has 1 nitrogen and oxygen atoms in total. The molecule has 0 aliphatic rings. The highest BCUT2D eigenvalue weighted by Gasteiger charge is 2.14. The molecule has 0 fully saturated rings. The Morgan fingerprint density at radius 1 is 1.05 bits per heavy atom. The van der Waals surface area contributed by atoms with E-state index in [0.29, 0.717) is 0 Å². The maximum Gasteiger partial charge on any atom is 0.0453 e. The lowest BCUT2D eigenvalue weighted by molar-refractivity contribution is 0.592. The molecule has 4 heteroatoms. The van der Waals surface area contributed by atoms with Gasteiger partial charge in [0, 0.05) is 21.0 Å². The van der Waals surface area contributed by atoms with Crippen molar-refractivity contribution in [2.24, 2.45) is 0 Å². The van der Waals surface area contributed by atoms with Gasteiger partial charge in [-0.25, -0.2) is 0 Å². The van der Waals surface area contributed by atoms with Gasteiger partial charge < -0.3 is 5.32 Å². The van der Waals surface area contributed by atoms with Crippen molar-refractivity contribution in [3.63, 3.8) is 0 Å². The predicted molar refractivity (Wildman–Crippen MR) is 94.8 cm³/mol. The maximum absolute atomic E-state index is 6.27. The quantitative estimate of drug-likeness (QED) is 0.686. The van der Waals surface area contributed by atoms with E-state index in [1.54, 1.807) is 0 Å². The summed E-state index contributed by atoms with van der Waals surface area (Å²) in [6.07, 6.45) is 0.773. The predicted octanol–water partition coefficient (Wildman–Crippen LogP) is 5.61. The standard InChI is InChI=1S/C17H19Cl2NS/c1-3-21-13-9-7-12(8-10-13)17(20-2)11-14-15(18)5-4-6-16(14)19/h4-10,17,20H,3,11H2,1-2H3. The normalized spacial score (nSPS) is 12.4. The number of nitrogens with one attached hydrogen (secondary N) is 1. The summed E-state index contributed by atoms with van der Waals surface area (Å²) in [5, 5.41) is 4.79. The van der Waals surface area contributed by atoms with Crippen LogP contribution in [-0.2, 0) is 6.42 Å². The molecule has 21 heavy (non-hydrogen) atoms. The molecule has 0 aliphatic heterocycles. The van der Waals surface area contributed by atoms with Crippen molar-refractivity contribution >= 4 is 35.0 Å². The first-order chi connectivity index (χ1) is 10.2. The molecule has 0 saturated heterocycles. The molecule has 1 unspecified atom stereocenters. The van der Waals surface area contributed by atoms with Crippen LogP contribution < -0.4 is 5.32 Å². The van der Waals surface area contributed by atoms with Crippen LogP contribution in [0.3, 0.4) is 0 Å². The Morgan fingerprint density at radius 3 is 2.19 bits per heavy atom. The second kappa shape index (κ2) is 8.09. The van der Waals surface area contributed by atoms with Crippen LogP contribution in [0, 0.1) is 0 Å². The summed E-state index contributed by atoms with van der Waals surface area (Å²) in [6, 6.07) is 14.5. The first-order valence-corrected chi connectivity index (χ1v) is 8.72. The van der Waals surface area contributed by atoms with Crippen molar-refractivity contribution in [3.8, 4) is 0 Å². The Hall–Kier alpha value is -0.670. The molecule has 2 aromatic carbocycles. The largest absolute Gasteiger partial charge is 0.313 e. The van der Waals surface area contributed by atoms with Crippen molar-refractivity contribution in [1.29, 1.82) is 0 Å². The molecule has 0 spiro atoms. The molecular weight excluding hydrogens is 321 g/mol. The molecule has 0 radical (unpaired) electrons.